The van der Waals surface area contributed by atoms with Crippen molar-refractivity contribution in [1.29, 1.82) is 0 Å². The molecule has 0 fully saturated rings. The Hall–Kier alpha value is -3.06. The van der Waals surface area contributed by atoms with Gasteiger partial charge in [0.15, 0.2) is 0 Å². The van der Waals surface area contributed by atoms with E-state index in [1.54, 1.807) is 11.0 Å². The first-order chi connectivity index (χ1) is 14.2. The Kier molecular flexibility index (Phi) is 6.62. The first-order valence-electron chi connectivity index (χ1n) is 10.1. The molecule has 0 bridgehead atoms. The van der Waals surface area contributed by atoms with Crippen molar-refractivity contribution in [2.75, 3.05) is 0 Å². The summed E-state index contributed by atoms with van der Waals surface area (Å²) in [6.45, 7) is 10.3. The summed E-state index contributed by atoms with van der Waals surface area (Å²) in [5.41, 5.74) is 3.61. The Bertz CT molecular complexity index is 960. The Morgan fingerprint density at radius 2 is 1.80 bits per heavy atom. The summed E-state index contributed by atoms with van der Waals surface area (Å²) in [7, 11) is 0. The van der Waals surface area contributed by atoms with Crippen LogP contribution in [0.1, 0.15) is 40.2 Å². The van der Waals surface area contributed by atoms with E-state index in [9.17, 15) is 4.79 Å². The highest BCUT2D eigenvalue weighted by molar-refractivity contribution is 5.76. The molecule has 158 valence electrons. The molecule has 1 atom stereocenters. The molecule has 7 nitrogen and oxygen atoms in total. The number of hydrogen-bond donors (Lipinski definition) is 1. The summed E-state index contributed by atoms with van der Waals surface area (Å²) in [5, 5.41) is 14.8. The summed E-state index contributed by atoms with van der Waals surface area (Å²) < 4.78 is 7.21. The second-order valence-electron chi connectivity index (χ2n) is 8.60. The number of carbonyl (C=O) groups excluding carboxylic acids is 1. The minimum Gasteiger partial charge on any atom is -0.459 e. The average Bonchev–Trinajstić information content (AvgIpc) is 3.22. The smallest absolute Gasteiger partial charge is 0.323 e. The zero-order valence-corrected chi connectivity index (χ0v) is 18.2. The van der Waals surface area contributed by atoms with E-state index in [1.807, 2.05) is 58.9 Å². The lowest BCUT2D eigenvalue weighted by Crippen LogP contribution is -2.44. The van der Waals surface area contributed by atoms with Crippen molar-refractivity contribution in [2.24, 2.45) is 5.92 Å². The largest absolute Gasteiger partial charge is 0.459 e. The molecule has 3 rings (SSSR count). The molecule has 1 N–H and O–H groups in total. The van der Waals surface area contributed by atoms with Gasteiger partial charge in [0.2, 0.25) is 0 Å². The third kappa shape index (κ3) is 5.51. The van der Waals surface area contributed by atoms with Gasteiger partial charge in [-0.3, -0.25) is 4.79 Å². The normalized spacial score (nSPS) is 12.7. The SMILES string of the molecule is CC(C)[C@H](NCc1ccc(-c2ccccc2-n2cnnn2)cc1)C(=O)OC(C)(C)C. The van der Waals surface area contributed by atoms with Crippen molar-refractivity contribution in [3.63, 3.8) is 0 Å². The number of para-hydroxylation sites is 1. The maximum atomic E-state index is 12.5. The molecule has 2 aromatic carbocycles. The molecule has 30 heavy (non-hydrogen) atoms. The quantitative estimate of drug-likeness (QED) is 0.600. The number of nitrogens with one attached hydrogen (secondary N) is 1. The number of hydrogen-bond acceptors (Lipinski definition) is 6. The maximum absolute atomic E-state index is 12.5. The Balaban J connectivity index is 1.72. The van der Waals surface area contributed by atoms with Crippen LogP contribution in [0.25, 0.3) is 16.8 Å². The molecule has 0 saturated heterocycles. The van der Waals surface area contributed by atoms with Gasteiger partial charge >= 0.3 is 5.97 Å². The van der Waals surface area contributed by atoms with Gasteiger partial charge in [-0.25, -0.2) is 0 Å². The minimum atomic E-state index is -0.499. The number of rotatable bonds is 7. The predicted octanol–water partition coefficient (Wildman–Crippen LogP) is 3.79. The lowest BCUT2D eigenvalue weighted by molar-refractivity contribution is -0.158. The lowest BCUT2D eigenvalue weighted by Gasteiger charge is -2.26. The molecule has 3 aromatic rings. The van der Waals surface area contributed by atoms with Crippen molar-refractivity contribution in [2.45, 2.75) is 52.8 Å². The Morgan fingerprint density at radius 3 is 2.40 bits per heavy atom. The molecule has 0 aliphatic heterocycles. The first kappa shape index (κ1) is 21.6. The number of tetrazole rings is 1. The molecule has 0 radical (unpaired) electrons. The number of aromatic nitrogens is 4. The Labute approximate surface area is 177 Å². The van der Waals surface area contributed by atoms with Crippen LogP contribution >= 0.6 is 0 Å². The maximum Gasteiger partial charge on any atom is 0.323 e. The minimum absolute atomic E-state index is 0.127. The van der Waals surface area contributed by atoms with Gasteiger partial charge in [0.25, 0.3) is 0 Å². The third-order valence-electron chi connectivity index (χ3n) is 4.62. The van der Waals surface area contributed by atoms with Crippen LogP contribution in [0.3, 0.4) is 0 Å². The zero-order chi connectivity index (χ0) is 21.7. The summed E-state index contributed by atoms with van der Waals surface area (Å²) in [6, 6.07) is 15.9. The molecule has 0 aliphatic carbocycles. The van der Waals surface area contributed by atoms with Crippen LogP contribution in [0.5, 0.6) is 0 Å². The standard InChI is InChI=1S/C23H29N5O2/c1-16(2)21(22(29)30-23(3,4)5)24-14-17-10-12-18(13-11-17)19-8-6-7-9-20(19)28-15-25-26-27-28/h6-13,15-16,21,24H,14H2,1-5H3/t21-/m0/s1. The fraction of sp³-hybridized carbons (Fsp3) is 0.391. The van der Waals surface area contributed by atoms with Crippen molar-refractivity contribution in [3.05, 3.63) is 60.4 Å². The number of ether oxygens (including phenoxy) is 1. The highest BCUT2D eigenvalue weighted by atomic mass is 16.6. The fourth-order valence-electron chi connectivity index (χ4n) is 3.18. The summed E-state index contributed by atoms with van der Waals surface area (Å²) in [5.74, 6) is -0.0909. The third-order valence-corrected chi connectivity index (χ3v) is 4.62. The molecular weight excluding hydrogens is 378 g/mol. The molecular formula is C23H29N5O2. The number of benzene rings is 2. The first-order valence-corrected chi connectivity index (χ1v) is 10.1. The highest BCUT2D eigenvalue weighted by Crippen LogP contribution is 2.26. The molecule has 1 aromatic heterocycles. The van der Waals surface area contributed by atoms with Gasteiger partial charge in [-0.05, 0) is 54.3 Å². The van der Waals surface area contributed by atoms with Crippen molar-refractivity contribution < 1.29 is 9.53 Å². The summed E-state index contributed by atoms with van der Waals surface area (Å²) in [4.78, 5) is 12.5. The fourth-order valence-corrected chi connectivity index (χ4v) is 3.18. The van der Waals surface area contributed by atoms with E-state index < -0.39 is 5.60 Å². The van der Waals surface area contributed by atoms with Crippen LogP contribution in [0, 0.1) is 5.92 Å². The molecule has 0 aliphatic rings. The monoisotopic (exact) mass is 407 g/mol. The van der Waals surface area contributed by atoms with E-state index in [0.29, 0.717) is 6.54 Å². The molecule has 0 unspecified atom stereocenters. The van der Waals surface area contributed by atoms with Gasteiger partial charge in [0.1, 0.15) is 18.0 Å². The van der Waals surface area contributed by atoms with Crippen LogP contribution < -0.4 is 5.32 Å². The van der Waals surface area contributed by atoms with E-state index in [0.717, 1.165) is 22.4 Å². The second-order valence-corrected chi connectivity index (χ2v) is 8.60. The van der Waals surface area contributed by atoms with E-state index >= 15 is 0 Å². The highest BCUT2D eigenvalue weighted by Gasteiger charge is 2.27. The average molecular weight is 408 g/mol. The van der Waals surface area contributed by atoms with Gasteiger partial charge in [0, 0.05) is 12.1 Å². The molecule has 0 saturated carbocycles. The van der Waals surface area contributed by atoms with Crippen LogP contribution in [0.15, 0.2) is 54.9 Å². The number of carbonyl (C=O) groups is 1. The van der Waals surface area contributed by atoms with E-state index in [1.165, 1.54) is 0 Å². The second kappa shape index (κ2) is 9.17. The van der Waals surface area contributed by atoms with Crippen LogP contribution in [0.2, 0.25) is 0 Å². The van der Waals surface area contributed by atoms with Crippen LogP contribution in [-0.2, 0) is 16.1 Å². The van der Waals surface area contributed by atoms with Crippen LogP contribution in [-0.4, -0.2) is 37.8 Å². The number of esters is 1. The predicted molar refractivity (Wildman–Crippen MR) is 116 cm³/mol. The van der Waals surface area contributed by atoms with Crippen molar-refractivity contribution in [3.8, 4) is 16.8 Å². The summed E-state index contributed by atoms with van der Waals surface area (Å²) >= 11 is 0. The van der Waals surface area contributed by atoms with Gasteiger partial charge < -0.3 is 10.1 Å². The Morgan fingerprint density at radius 1 is 1.10 bits per heavy atom. The van der Waals surface area contributed by atoms with Crippen molar-refractivity contribution in [1.82, 2.24) is 25.5 Å². The number of nitrogens with zero attached hydrogens (tertiary/aromatic N) is 4. The molecule has 1 heterocycles. The van der Waals surface area contributed by atoms with Gasteiger partial charge in [-0.2, -0.15) is 4.68 Å². The van der Waals surface area contributed by atoms with Gasteiger partial charge in [0.05, 0.1) is 5.69 Å². The van der Waals surface area contributed by atoms with E-state index in [-0.39, 0.29) is 17.9 Å². The van der Waals surface area contributed by atoms with Crippen LogP contribution in [0.4, 0.5) is 0 Å². The molecule has 0 spiro atoms. The van der Waals surface area contributed by atoms with Gasteiger partial charge in [-0.15, -0.1) is 5.10 Å². The van der Waals surface area contributed by atoms with E-state index in [4.69, 9.17) is 4.74 Å². The molecule has 7 heteroatoms. The zero-order valence-electron chi connectivity index (χ0n) is 18.2. The van der Waals surface area contributed by atoms with Crippen molar-refractivity contribution >= 4 is 5.97 Å². The summed E-state index contributed by atoms with van der Waals surface area (Å²) in [6.07, 6.45) is 1.58. The lowest BCUT2D eigenvalue weighted by atomic mass is 10.0. The molecule has 0 amide bonds. The van der Waals surface area contributed by atoms with E-state index in [2.05, 4.69) is 45.1 Å². The van der Waals surface area contributed by atoms with Gasteiger partial charge in [-0.1, -0.05) is 56.3 Å². The topological polar surface area (TPSA) is 81.9 Å².